The number of carbonyl (C=O) groups excluding carboxylic acids is 2. The summed E-state index contributed by atoms with van der Waals surface area (Å²) in [6, 6.07) is 7.37. The number of aromatic nitrogens is 1. The highest BCUT2D eigenvalue weighted by Crippen LogP contribution is 2.40. The van der Waals surface area contributed by atoms with Crippen LogP contribution in [0.4, 0.5) is 0 Å². The molecular formula is C20H18Cl2N2O3. The van der Waals surface area contributed by atoms with E-state index in [1.165, 1.54) is 17.0 Å². The van der Waals surface area contributed by atoms with Gasteiger partial charge in [0.2, 0.25) is 0 Å². The fourth-order valence-corrected chi connectivity index (χ4v) is 3.43. The molecule has 140 valence electrons. The van der Waals surface area contributed by atoms with E-state index in [4.69, 9.17) is 23.2 Å². The number of aliphatic hydroxyl groups is 1. The molecule has 7 heteroatoms. The topological polar surface area (TPSA) is 70.5 Å². The smallest absolute Gasteiger partial charge is 0.295 e. The first-order chi connectivity index (χ1) is 13.0. The van der Waals surface area contributed by atoms with Crippen molar-refractivity contribution in [3.63, 3.8) is 0 Å². The van der Waals surface area contributed by atoms with Crippen LogP contribution >= 0.6 is 23.2 Å². The molecule has 3 rings (SSSR count). The Morgan fingerprint density at radius 1 is 1.15 bits per heavy atom. The molecule has 0 bridgehead atoms. The first kappa shape index (κ1) is 19.4. The number of aliphatic hydroxyl groups excluding tert-OH is 1. The fraction of sp³-hybridized carbons (Fsp3) is 0.250. The number of rotatable bonds is 5. The summed E-state index contributed by atoms with van der Waals surface area (Å²) in [7, 11) is 0. The first-order valence-electron chi connectivity index (χ1n) is 8.59. The van der Waals surface area contributed by atoms with Gasteiger partial charge in [0, 0.05) is 24.5 Å². The molecule has 5 nitrogen and oxygen atoms in total. The lowest BCUT2D eigenvalue weighted by atomic mass is 9.96. The second-order valence-corrected chi connectivity index (χ2v) is 7.07. The highest BCUT2D eigenvalue weighted by atomic mass is 35.5. The van der Waals surface area contributed by atoms with E-state index in [0.717, 1.165) is 12.8 Å². The Hall–Kier alpha value is -2.37. The zero-order valence-corrected chi connectivity index (χ0v) is 16.2. The maximum Gasteiger partial charge on any atom is 0.295 e. The van der Waals surface area contributed by atoms with Crippen LogP contribution in [0.3, 0.4) is 0 Å². The number of halogens is 2. The Kier molecular flexibility index (Phi) is 5.82. The molecule has 1 N–H and O–H groups in total. The Balaban J connectivity index is 2.16. The van der Waals surface area contributed by atoms with Gasteiger partial charge in [-0.1, -0.05) is 36.5 Å². The van der Waals surface area contributed by atoms with Crippen LogP contribution in [0.25, 0.3) is 5.76 Å². The molecule has 1 aromatic carbocycles. The number of likely N-dealkylation sites (tertiary alicyclic amines) is 1. The van der Waals surface area contributed by atoms with Gasteiger partial charge >= 0.3 is 0 Å². The van der Waals surface area contributed by atoms with Crippen LogP contribution in [0.1, 0.15) is 36.9 Å². The number of hydrogen-bond acceptors (Lipinski definition) is 4. The van der Waals surface area contributed by atoms with Crippen molar-refractivity contribution < 1.29 is 14.7 Å². The number of pyridine rings is 1. The zero-order valence-electron chi connectivity index (χ0n) is 14.7. The van der Waals surface area contributed by atoms with E-state index in [2.05, 4.69) is 4.98 Å². The first-order valence-corrected chi connectivity index (χ1v) is 9.35. The van der Waals surface area contributed by atoms with Gasteiger partial charge < -0.3 is 10.0 Å². The average molecular weight is 405 g/mol. The van der Waals surface area contributed by atoms with Gasteiger partial charge in [-0.2, -0.15) is 0 Å². The minimum Gasteiger partial charge on any atom is -0.507 e. The molecule has 1 aliphatic rings. The van der Waals surface area contributed by atoms with Crippen LogP contribution in [0.15, 0.2) is 48.3 Å². The third kappa shape index (κ3) is 3.70. The Labute approximate surface area is 167 Å². The summed E-state index contributed by atoms with van der Waals surface area (Å²) in [4.78, 5) is 30.9. The maximum atomic E-state index is 12.7. The second-order valence-electron chi connectivity index (χ2n) is 6.26. The van der Waals surface area contributed by atoms with Gasteiger partial charge in [0.05, 0.1) is 21.7 Å². The Morgan fingerprint density at radius 3 is 2.48 bits per heavy atom. The van der Waals surface area contributed by atoms with Crippen molar-refractivity contribution in [2.45, 2.75) is 25.8 Å². The predicted octanol–water partition coefficient (Wildman–Crippen LogP) is 4.61. The molecule has 1 atom stereocenters. The fourth-order valence-electron chi connectivity index (χ4n) is 3.13. The minimum absolute atomic E-state index is 0.0423. The number of carbonyl (C=O) groups is 2. The Bertz CT molecular complexity index is 913. The molecule has 1 aromatic heterocycles. The molecule has 1 fully saturated rings. The van der Waals surface area contributed by atoms with Crippen molar-refractivity contribution in [2.75, 3.05) is 6.54 Å². The largest absolute Gasteiger partial charge is 0.507 e. The van der Waals surface area contributed by atoms with Crippen LogP contribution in [0, 0.1) is 0 Å². The minimum atomic E-state index is -0.712. The maximum absolute atomic E-state index is 12.7. The highest BCUT2D eigenvalue weighted by Gasteiger charge is 2.45. The van der Waals surface area contributed by atoms with Crippen LogP contribution in [-0.2, 0) is 9.59 Å². The molecule has 0 radical (unpaired) electrons. The van der Waals surface area contributed by atoms with E-state index in [9.17, 15) is 14.7 Å². The third-order valence-electron chi connectivity index (χ3n) is 4.51. The molecule has 0 aliphatic carbocycles. The quantitative estimate of drug-likeness (QED) is 0.448. The van der Waals surface area contributed by atoms with Crippen molar-refractivity contribution in [1.29, 1.82) is 0 Å². The molecule has 1 unspecified atom stereocenters. The van der Waals surface area contributed by atoms with Crippen molar-refractivity contribution in [3.8, 4) is 0 Å². The van der Waals surface area contributed by atoms with Gasteiger partial charge in [-0.3, -0.25) is 14.6 Å². The SMILES string of the molecule is CCCCN1C(=O)C(=O)/C(=C(\O)c2ccc(Cl)c(Cl)c2)C1c1ccncc1. The van der Waals surface area contributed by atoms with Gasteiger partial charge in [-0.25, -0.2) is 0 Å². The lowest BCUT2D eigenvalue weighted by molar-refractivity contribution is -0.139. The normalized spacial score (nSPS) is 18.9. The molecule has 1 amide bonds. The average Bonchev–Trinajstić information content (AvgIpc) is 2.93. The van der Waals surface area contributed by atoms with Crippen molar-refractivity contribution in [1.82, 2.24) is 9.88 Å². The molecular weight excluding hydrogens is 387 g/mol. The molecule has 0 saturated carbocycles. The van der Waals surface area contributed by atoms with E-state index >= 15 is 0 Å². The number of nitrogens with zero attached hydrogens (tertiary/aromatic N) is 2. The highest BCUT2D eigenvalue weighted by molar-refractivity contribution is 6.46. The van der Waals surface area contributed by atoms with Crippen LogP contribution in [-0.4, -0.2) is 33.2 Å². The summed E-state index contributed by atoms with van der Waals surface area (Å²) in [5, 5.41) is 11.4. The second kappa shape index (κ2) is 8.11. The van der Waals surface area contributed by atoms with E-state index < -0.39 is 17.7 Å². The van der Waals surface area contributed by atoms with Crippen LogP contribution in [0.2, 0.25) is 10.0 Å². The number of hydrogen-bond donors (Lipinski definition) is 1. The van der Waals surface area contributed by atoms with Crippen LogP contribution < -0.4 is 0 Å². The van der Waals surface area contributed by atoms with Gasteiger partial charge in [-0.05, 0) is 42.3 Å². The Morgan fingerprint density at radius 2 is 1.85 bits per heavy atom. The molecule has 1 aliphatic heterocycles. The van der Waals surface area contributed by atoms with E-state index in [0.29, 0.717) is 22.7 Å². The third-order valence-corrected chi connectivity index (χ3v) is 5.25. The van der Waals surface area contributed by atoms with Gasteiger partial charge in [0.25, 0.3) is 11.7 Å². The summed E-state index contributed by atoms with van der Waals surface area (Å²) in [5.41, 5.74) is 1.08. The van der Waals surface area contributed by atoms with Crippen molar-refractivity contribution in [2.24, 2.45) is 0 Å². The summed E-state index contributed by atoms with van der Waals surface area (Å²) < 4.78 is 0. The standard InChI is InChI=1S/C20H18Cl2N2O3/c1-2-3-10-24-17(12-6-8-23-9-7-12)16(19(26)20(24)27)18(25)13-4-5-14(21)15(22)11-13/h4-9,11,17,25H,2-3,10H2,1H3/b18-16-. The zero-order chi connectivity index (χ0) is 19.6. The lowest BCUT2D eigenvalue weighted by Gasteiger charge is -2.25. The summed E-state index contributed by atoms with van der Waals surface area (Å²) in [6.45, 7) is 2.43. The summed E-state index contributed by atoms with van der Waals surface area (Å²) >= 11 is 12.0. The molecule has 2 heterocycles. The molecule has 1 saturated heterocycles. The molecule has 0 spiro atoms. The van der Waals surface area contributed by atoms with Crippen molar-refractivity contribution >= 4 is 40.7 Å². The van der Waals surface area contributed by atoms with Crippen molar-refractivity contribution in [3.05, 3.63) is 69.5 Å². The number of unbranched alkanes of at least 4 members (excludes halogenated alkanes) is 1. The lowest BCUT2D eigenvalue weighted by Crippen LogP contribution is -2.30. The van der Waals surface area contributed by atoms with Gasteiger partial charge in [0.15, 0.2) is 0 Å². The summed E-state index contributed by atoms with van der Waals surface area (Å²) in [5.74, 6) is -1.60. The molecule has 27 heavy (non-hydrogen) atoms. The van der Waals surface area contributed by atoms with E-state index in [-0.39, 0.29) is 16.4 Å². The number of amides is 1. The number of Topliss-reactive ketones (excluding diaryl/α,β-unsaturated/α-hetero) is 1. The van der Waals surface area contributed by atoms with E-state index in [1.54, 1.807) is 30.6 Å². The van der Waals surface area contributed by atoms with Crippen LogP contribution in [0.5, 0.6) is 0 Å². The number of ketones is 1. The predicted molar refractivity (Wildman–Crippen MR) is 105 cm³/mol. The summed E-state index contributed by atoms with van der Waals surface area (Å²) in [6.07, 6.45) is 4.81. The van der Waals surface area contributed by atoms with E-state index in [1.807, 2.05) is 6.92 Å². The van der Waals surface area contributed by atoms with Gasteiger partial charge in [-0.15, -0.1) is 0 Å². The molecule has 2 aromatic rings. The number of benzene rings is 1. The van der Waals surface area contributed by atoms with Gasteiger partial charge in [0.1, 0.15) is 5.76 Å². The monoisotopic (exact) mass is 404 g/mol.